The van der Waals surface area contributed by atoms with E-state index in [2.05, 4.69) is 4.98 Å². The zero-order valence-electron chi connectivity index (χ0n) is 7.38. The number of hydrogen-bond donors (Lipinski definition) is 0. The lowest BCUT2D eigenvalue weighted by molar-refractivity contribution is -0.108. The van der Waals surface area contributed by atoms with Crippen molar-refractivity contribution in [3.05, 3.63) is 40.9 Å². The molecule has 4 nitrogen and oxygen atoms in total. The lowest BCUT2D eigenvalue weighted by Gasteiger charge is -2.04. The number of fused-ring (bicyclic) bond motifs is 1. The van der Waals surface area contributed by atoms with Crippen molar-refractivity contribution in [2.24, 2.45) is 0 Å². The van der Waals surface area contributed by atoms with Gasteiger partial charge in [0.2, 0.25) is 0 Å². The van der Waals surface area contributed by atoms with Crippen molar-refractivity contribution >= 4 is 17.2 Å². The minimum absolute atomic E-state index is 0.0713. The van der Waals surface area contributed by atoms with Gasteiger partial charge in [-0.25, -0.2) is 0 Å². The quantitative estimate of drug-likeness (QED) is 0.648. The summed E-state index contributed by atoms with van der Waals surface area (Å²) in [4.78, 5) is 25.7. The van der Waals surface area contributed by atoms with Crippen LogP contribution >= 0.6 is 0 Å². The van der Waals surface area contributed by atoms with Gasteiger partial charge in [0.05, 0.1) is 18.3 Å². The van der Waals surface area contributed by atoms with Crippen LogP contribution in [-0.4, -0.2) is 15.8 Å². The second-order valence-corrected chi connectivity index (χ2v) is 2.88. The number of nitrogens with zero attached hydrogens (tertiary/aromatic N) is 2. The molecule has 0 fully saturated rings. The van der Waals surface area contributed by atoms with E-state index in [1.807, 2.05) is 0 Å². The van der Waals surface area contributed by atoms with Crippen LogP contribution in [0.1, 0.15) is 0 Å². The first-order chi connectivity index (χ1) is 6.83. The van der Waals surface area contributed by atoms with Crippen molar-refractivity contribution in [1.29, 1.82) is 0 Å². The molecular formula is C10H8N2O2. The van der Waals surface area contributed by atoms with Crippen LogP contribution in [0.3, 0.4) is 0 Å². The van der Waals surface area contributed by atoms with E-state index < -0.39 is 0 Å². The fourth-order valence-corrected chi connectivity index (χ4v) is 1.40. The van der Waals surface area contributed by atoms with Crippen LogP contribution in [0.15, 0.2) is 35.4 Å². The van der Waals surface area contributed by atoms with E-state index in [1.165, 1.54) is 10.6 Å². The molecule has 2 aromatic heterocycles. The molecule has 0 aliphatic carbocycles. The van der Waals surface area contributed by atoms with Gasteiger partial charge in [0, 0.05) is 17.6 Å². The van der Waals surface area contributed by atoms with Gasteiger partial charge < -0.3 is 4.79 Å². The summed E-state index contributed by atoms with van der Waals surface area (Å²) in [5.74, 6) is 0. The van der Waals surface area contributed by atoms with Crippen molar-refractivity contribution < 1.29 is 4.79 Å². The van der Waals surface area contributed by atoms with E-state index >= 15 is 0 Å². The topological polar surface area (TPSA) is 52.0 Å². The zero-order chi connectivity index (χ0) is 9.97. The highest BCUT2D eigenvalue weighted by atomic mass is 16.1. The van der Waals surface area contributed by atoms with Gasteiger partial charge in [0.15, 0.2) is 0 Å². The first-order valence-corrected chi connectivity index (χ1v) is 4.20. The summed E-state index contributed by atoms with van der Waals surface area (Å²) in [7, 11) is 0. The van der Waals surface area contributed by atoms with Crippen LogP contribution in [-0.2, 0) is 11.3 Å². The highest BCUT2D eigenvalue weighted by molar-refractivity contribution is 5.78. The molecule has 2 heterocycles. The molecule has 0 saturated heterocycles. The zero-order valence-corrected chi connectivity index (χ0v) is 7.38. The molecule has 0 amide bonds. The van der Waals surface area contributed by atoms with Gasteiger partial charge in [-0.15, -0.1) is 0 Å². The number of carbonyl (C=O) groups is 1. The minimum atomic E-state index is -0.183. The molecular weight excluding hydrogens is 180 g/mol. The first-order valence-electron chi connectivity index (χ1n) is 4.20. The number of hydrogen-bond acceptors (Lipinski definition) is 3. The van der Waals surface area contributed by atoms with Crippen LogP contribution in [0.2, 0.25) is 0 Å². The van der Waals surface area contributed by atoms with Crippen molar-refractivity contribution in [2.45, 2.75) is 6.54 Å². The Balaban J connectivity index is 2.82. The van der Waals surface area contributed by atoms with E-state index in [0.717, 1.165) is 5.39 Å². The summed E-state index contributed by atoms with van der Waals surface area (Å²) in [6, 6.07) is 4.97. The fraction of sp³-hybridized carbons (Fsp3) is 0.100. The Morgan fingerprint density at radius 2 is 2.21 bits per heavy atom. The van der Waals surface area contributed by atoms with Gasteiger partial charge in [-0.05, 0) is 12.1 Å². The molecule has 2 rings (SSSR count). The van der Waals surface area contributed by atoms with E-state index in [1.54, 1.807) is 24.5 Å². The molecule has 0 aliphatic rings. The predicted molar refractivity (Wildman–Crippen MR) is 52.1 cm³/mol. The predicted octanol–water partition coefficient (Wildman–Crippen LogP) is 0.595. The Bertz CT molecular complexity index is 531. The summed E-state index contributed by atoms with van der Waals surface area (Å²) in [6.07, 6.45) is 3.94. The third-order valence-electron chi connectivity index (χ3n) is 2.05. The maximum absolute atomic E-state index is 11.4. The maximum Gasteiger partial charge on any atom is 0.251 e. The van der Waals surface area contributed by atoms with E-state index in [0.29, 0.717) is 11.8 Å². The monoisotopic (exact) mass is 188 g/mol. The molecule has 0 saturated carbocycles. The number of pyridine rings is 2. The largest absolute Gasteiger partial charge is 0.301 e. The van der Waals surface area contributed by atoms with E-state index in [-0.39, 0.29) is 12.1 Å². The lowest BCUT2D eigenvalue weighted by atomic mass is 10.2. The number of aldehydes is 1. The Hall–Kier alpha value is -1.97. The Morgan fingerprint density at radius 1 is 1.36 bits per heavy atom. The van der Waals surface area contributed by atoms with Crippen LogP contribution in [0, 0.1) is 0 Å². The highest BCUT2D eigenvalue weighted by Gasteiger charge is 2.00. The second kappa shape index (κ2) is 3.41. The summed E-state index contributed by atoms with van der Waals surface area (Å²) >= 11 is 0. The summed E-state index contributed by atoms with van der Waals surface area (Å²) in [5.41, 5.74) is 0.504. The van der Waals surface area contributed by atoms with Crippen molar-refractivity contribution in [1.82, 2.24) is 9.55 Å². The van der Waals surface area contributed by atoms with Crippen LogP contribution < -0.4 is 5.56 Å². The highest BCUT2D eigenvalue weighted by Crippen LogP contribution is 2.08. The Morgan fingerprint density at radius 3 is 3.00 bits per heavy atom. The minimum Gasteiger partial charge on any atom is -0.301 e. The van der Waals surface area contributed by atoms with Crippen molar-refractivity contribution in [3.8, 4) is 0 Å². The average molecular weight is 188 g/mol. The first kappa shape index (κ1) is 8.62. The lowest BCUT2D eigenvalue weighted by Crippen LogP contribution is -2.19. The van der Waals surface area contributed by atoms with Gasteiger partial charge in [0.25, 0.3) is 5.56 Å². The number of carbonyl (C=O) groups excluding carboxylic acids is 1. The fourth-order valence-electron chi connectivity index (χ4n) is 1.40. The molecule has 4 heteroatoms. The molecule has 70 valence electrons. The van der Waals surface area contributed by atoms with Gasteiger partial charge in [-0.3, -0.25) is 14.3 Å². The van der Waals surface area contributed by atoms with E-state index in [4.69, 9.17) is 0 Å². The Kier molecular flexibility index (Phi) is 2.10. The smallest absolute Gasteiger partial charge is 0.251 e. The van der Waals surface area contributed by atoms with Crippen LogP contribution in [0.25, 0.3) is 10.9 Å². The molecule has 0 unspecified atom stereocenters. The van der Waals surface area contributed by atoms with Crippen LogP contribution in [0.4, 0.5) is 0 Å². The average Bonchev–Trinajstić information content (AvgIpc) is 2.23. The molecule has 0 aromatic carbocycles. The van der Waals surface area contributed by atoms with Gasteiger partial charge in [0.1, 0.15) is 6.29 Å². The third kappa shape index (κ3) is 1.31. The number of aromatic nitrogens is 2. The van der Waals surface area contributed by atoms with Crippen molar-refractivity contribution in [3.63, 3.8) is 0 Å². The standard InChI is InChI=1S/C10H8N2O2/c13-6-5-12-9-7-11-4-3-8(9)1-2-10(12)14/h1-4,6-7H,5H2. The maximum atomic E-state index is 11.4. The van der Waals surface area contributed by atoms with E-state index in [9.17, 15) is 9.59 Å². The third-order valence-corrected chi connectivity index (χ3v) is 2.05. The second-order valence-electron chi connectivity index (χ2n) is 2.88. The van der Waals surface area contributed by atoms with Crippen molar-refractivity contribution in [2.75, 3.05) is 0 Å². The van der Waals surface area contributed by atoms with Gasteiger partial charge >= 0.3 is 0 Å². The molecule has 14 heavy (non-hydrogen) atoms. The molecule has 0 aliphatic heterocycles. The molecule has 2 aromatic rings. The SMILES string of the molecule is O=CCn1c(=O)ccc2ccncc21. The Labute approximate surface area is 79.8 Å². The van der Waals surface area contributed by atoms with Gasteiger partial charge in [-0.2, -0.15) is 0 Å². The normalized spacial score (nSPS) is 10.3. The van der Waals surface area contributed by atoms with Crippen LogP contribution in [0.5, 0.6) is 0 Å². The molecule has 0 N–H and O–H groups in total. The molecule has 0 atom stereocenters. The molecule has 0 bridgehead atoms. The number of rotatable bonds is 2. The summed E-state index contributed by atoms with van der Waals surface area (Å²) < 4.78 is 1.40. The molecule has 0 spiro atoms. The summed E-state index contributed by atoms with van der Waals surface area (Å²) in [5, 5.41) is 0.904. The van der Waals surface area contributed by atoms with Gasteiger partial charge in [-0.1, -0.05) is 0 Å². The summed E-state index contributed by atoms with van der Waals surface area (Å²) in [6.45, 7) is 0.0713. The molecule has 0 radical (unpaired) electrons.